The molecule has 1 aromatic heterocycles. The van der Waals surface area contributed by atoms with E-state index in [0.717, 1.165) is 6.42 Å². The summed E-state index contributed by atoms with van der Waals surface area (Å²) in [5.74, 6) is 0.0483. The van der Waals surface area contributed by atoms with E-state index < -0.39 is 0 Å². The van der Waals surface area contributed by atoms with Crippen LogP contribution in [-0.2, 0) is 4.74 Å². The van der Waals surface area contributed by atoms with Crippen LogP contribution in [0.25, 0.3) is 0 Å². The largest absolute Gasteiger partial charge is 0.397 e. The van der Waals surface area contributed by atoms with Crippen LogP contribution in [0.3, 0.4) is 0 Å². The molecule has 0 spiro atoms. The molecule has 1 aliphatic heterocycles. The molecule has 19 heavy (non-hydrogen) atoms. The molecule has 0 saturated carbocycles. The van der Waals surface area contributed by atoms with E-state index in [4.69, 9.17) is 10.5 Å². The Morgan fingerprint density at radius 2 is 2.32 bits per heavy atom. The highest BCUT2D eigenvalue weighted by molar-refractivity contribution is 5.94. The molecule has 1 fully saturated rings. The SMILES string of the molecule is CCC1CN(C(=O)c2cc(N)cn2C(C)C)CCO1. The number of nitrogens with zero attached hydrogens (tertiary/aromatic N) is 2. The molecule has 0 aliphatic carbocycles. The second kappa shape index (κ2) is 5.65. The molecule has 2 N–H and O–H groups in total. The Kier molecular flexibility index (Phi) is 4.14. The molecule has 106 valence electrons. The van der Waals surface area contributed by atoms with Gasteiger partial charge in [0, 0.05) is 25.3 Å². The fourth-order valence-electron chi connectivity index (χ4n) is 2.41. The van der Waals surface area contributed by atoms with Gasteiger partial charge in [-0.1, -0.05) is 6.92 Å². The van der Waals surface area contributed by atoms with Crippen LogP contribution in [0.15, 0.2) is 12.3 Å². The van der Waals surface area contributed by atoms with E-state index in [1.54, 1.807) is 6.07 Å². The maximum Gasteiger partial charge on any atom is 0.270 e. The molecule has 1 saturated heterocycles. The van der Waals surface area contributed by atoms with Gasteiger partial charge in [-0.15, -0.1) is 0 Å². The van der Waals surface area contributed by atoms with Gasteiger partial charge in [-0.2, -0.15) is 0 Å². The van der Waals surface area contributed by atoms with Crippen molar-refractivity contribution in [3.8, 4) is 0 Å². The van der Waals surface area contributed by atoms with Crippen molar-refractivity contribution in [3.05, 3.63) is 18.0 Å². The van der Waals surface area contributed by atoms with Crippen molar-refractivity contribution in [2.75, 3.05) is 25.4 Å². The molecular formula is C14H23N3O2. The first-order valence-electron chi connectivity index (χ1n) is 6.91. The van der Waals surface area contributed by atoms with Gasteiger partial charge < -0.3 is 19.9 Å². The van der Waals surface area contributed by atoms with Crippen LogP contribution in [0.2, 0.25) is 0 Å². The molecule has 2 heterocycles. The van der Waals surface area contributed by atoms with Crippen molar-refractivity contribution >= 4 is 11.6 Å². The third kappa shape index (κ3) is 2.92. The first kappa shape index (κ1) is 13.9. The lowest BCUT2D eigenvalue weighted by atomic mass is 10.2. The predicted octanol–water partition coefficient (Wildman–Crippen LogP) is 1.90. The van der Waals surface area contributed by atoms with Crippen LogP contribution < -0.4 is 5.73 Å². The predicted molar refractivity (Wildman–Crippen MR) is 75.2 cm³/mol. The van der Waals surface area contributed by atoms with Gasteiger partial charge in [-0.3, -0.25) is 4.79 Å². The number of anilines is 1. The monoisotopic (exact) mass is 265 g/mol. The summed E-state index contributed by atoms with van der Waals surface area (Å²) in [6, 6.07) is 1.98. The first-order chi connectivity index (χ1) is 9.02. The summed E-state index contributed by atoms with van der Waals surface area (Å²) in [5, 5.41) is 0. The molecule has 5 heteroatoms. The average molecular weight is 265 g/mol. The number of rotatable bonds is 3. The van der Waals surface area contributed by atoms with Gasteiger partial charge in [0.25, 0.3) is 5.91 Å². The van der Waals surface area contributed by atoms with Crippen molar-refractivity contribution in [2.45, 2.75) is 39.3 Å². The molecule has 1 unspecified atom stereocenters. The van der Waals surface area contributed by atoms with Crippen LogP contribution in [0, 0.1) is 0 Å². The third-order valence-corrected chi connectivity index (χ3v) is 3.53. The van der Waals surface area contributed by atoms with Crippen LogP contribution in [-0.4, -0.2) is 41.2 Å². The van der Waals surface area contributed by atoms with E-state index in [2.05, 4.69) is 6.92 Å². The minimum Gasteiger partial charge on any atom is -0.397 e. The second-order valence-electron chi connectivity index (χ2n) is 5.31. The quantitative estimate of drug-likeness (QED) is 0.908. The molecule has 1 amide bonds. The fraction of sp³-hybridized carbons (Fsp3) is 0.643. The lowest BCUT2D eigenvalue weighted by Gasteiger charge is -2.32. The Labute approximate surface area is 114 Å². The fourth-order valence-corrected chi connectivity index (χ4v) is 2.41. The standard InChI is InChI=1S/C14H23N3O2/c1-4-12-9-16(5-6-19-12)14(18)13-7-11(15)8-17(13)10(2)3/h7-8,10,12H,4-6,9,15H2,1-3H3. The van der Waals surface area contributed by atoms with Gasteiger partial charge in [-0.25, -0.2) is 0 Å². The molecule has 5 nitrogen and oxygen atoms in total. The lowest BCUT2D eigenvalue weighted by Crippen LogP contribution is -2.45. The molecule has 1 atom stereocenters. The van der Waals surface area contributed by atoms with Crippen LogP contribution in [0.5, 0.6) is 0 Å². The smallest absolute Gasteiger partial charge is 0.270 e. The molecule has 0 aromatic carbocycles. The molecule has 1 aromatic rings. The van der Waals surface area contributed by atoms with Crippen molar-refractivity contribution < 1.29 is 9.53 Å². The van der Waals surface area contributed by atoms with E-state index in [-0.39, 0.29) is 18.1 Å². The number of amides is 1. The third-order valence-electron chi connectivity index (χ3n) is 3.53. The number of nitrogen functional groups attached to an aromatic ring is 1. The minimum atomic E-state index is 0.0483. The highest BCUT2D eigenvalue weighted by atomic mass is 16.5. The number of ether oxygens (including phenoxy) is 1. The van der Waals surface area contributed by atoms with Gasteiger partial charge in [0.15, 0.2) is 0 Å². The summed E-state index contributed by atoms with van der Waals surface area (Å²) < 4.78 is 7.54. The van der Waals surface area contributed by atoms with Crippen LogP contribution in [0.4, 0.5) is 5.69 Å². The lowest BCUT2D eigenvalue weighted by molar-refractivity contribution is -0.0229. The van der Waals surface area contributed by atoms with Crippen molar-refractivity contribution in [3.63, 3.8) is 0 Å². The molecular weight excluding hydrogens is 242 g/mol. The maximum atomic E-state index is 12.6. The Bertz CT molecular complexity index is 454. The number of aromatic nitrogens is 1. The number of hydrogen-bond acceptors (Lipinski definition) is 3. The second-order valence-corrected chi connectivity index (χ2v) is 5.31. The number of carbonyl (C=O) groups is 1. The van der Waals surface area contributed by atoms with Crippen molar-refractivity contribution in [1.29, 1.82) is 0 Å². The number of morpholine rings is 1. The van der Waals surface area contributed by atoms with Gasteiger partial charge in [-0.05, 0) is 26.3 Å². The molecule has 0 bridgehead atoms. The summed E-state index contributed by atoms with van der Waals surface area (Å²) in [7, 11) is 0. The number of carbonyl (C=O) groups excluding carboxylic acids is 1. The zero-order valence-electron chi connectivity index (χ0n) is 11.9. The summed E-state index contributed by atoms with van der Waals surface area (Å²) in [5.41, 5.74) is 7.13. The van der Waals surface area contributed by atoms with Gasteiger partial charge in [0.2, 0.25) is 0 Å². The summed E-state index contributed by atoms with van der Waals surface area (Å²) in [4.78, 5) is 14.5. The zero-order chi connectivity index (χ0) is 14.0. The Balaban J connectivity index is 2.19. The van der Waals surface area contributed by atoms with E-state index in [1.165, 1.54) is 0 Å². The average Bonchev–Trinajstić information content (AvgIpc) is 2.80. The van der Waals surface area contributed by atoms with Crippen molar-refractivity contribution in [2.24, 2.45) is 0 Å². The van der Waals surface area contributed by atoms with Gasteiger partial charge in [0.05, 0.1) is 18.4 Å². The Morgan fingerprint density at radius 3 is 2.95 bits per heavy atom. The van der Waals surface area contributed by atoms with Gasteiger partial charge >= 0.3 is 0 Å². The summed E-state index contributed by atoms with van der Waals surface area (Å²) in [6.07, 6.45) is 2.91. The Morgan fingerprint density at radius 1 is 1.58 bits per heavy atom. The molecule has 2 rings (SSSR count). The van der Waals surface area contributed by atoms with Crippen molar-refractivity contribution in [1.82, 2.24) is 9.47 Å². The normalized spacial score (nSPS) is 20.0. The van der Waals surface area contributed by atoms with E-state index in [0.29, 0.717) is 31.1 Å². The first-order valence-corrected chi connectivity index (χ1v) is 6.91. The van der Waals surface area contributed by atoms with Gasteiger partial charge in [0.1, 0.15) is 5.69 Å². The van der Waals surface area contributed by atoms with Crippen LogP contribution in [0.1, 0.15) is 43.7 Å². The summed E-state index contributed by atoms with van der Waals surface area (Å²) >= 11 is 0. The Hall–Kier alpha value is -1.49. The highest BCUT2D eigenvalue weighted by Crippen LogP contribution is 2.19. The van der Waals surface area contributed by atoms with E-state index in [1.807, 2.05) is 29.5 Å². The van der Waals surface area contributed by atoms with E-state index >= 15 is 0 Å². The number of nitrogens with two attached hydrogens (primary N) is 1. The summed E-state index contributed by atoms with van der Waals surface area (Å²) in [6.45, 7) is 8.10. The molecule has 0 radical (unpaired) electrons. The van der Waals surface area contributed by atoms with Crippen LogP contribution >= 0.6 is 0 Å². The highest BCUT2D eigenvalue weighted by Gasteiger charge is 2.26. The van der Waals surface area contributed by atoms with E-state index in [9.17, 15) is 4.79 Å². The number of hydrogen-bond donors (Lipinski definition) is 1. The molecule has 1 aliphatic rings. The maximum absolute atomic E-state index is 12.6. The minimum absolute atomic E-state index is 0.0483. The topological polar surface area (TPSA) is 60.5 Å². The zero-order valence-corrected chi connectivity index (χ0v) is 11.9.